The molecule has 1 amide bonds. The van der Waals surface area contributed by atoms with E-state index in [0.717, 1.165) is 11.3 Å². The highest BCUT2D eigenvalue weighted by molar-refractivity contribution is 5.95. The van der Waals surface area contributed by atoms with E-state index in [1.54, 1.807) is 48.7 Å². The van der Waals surface area contributed by atoms with Crippen LogP contribution in [0.1, 0.15) is 29.8 Å². The van der Waals surface area contributed by atoms with Gasteiger partial charge in [-0.15, -0.1) is 0 Å². The smallest absolute Gasteiger partial charge is 0.271 e. The highest BCUT2D eigenvalue weighted by Crippen LogP contribution is 2.28. The Morgan fingerprint density at radius 2 is 1.78 bits per heavy atom. The molecule has 142 valence electrons. The number of amides is 1. The van der Waals surface area contributed by atoms with Crippen molar-refractivity contribution in [2.75, 3.05) is 19.8 Å². The summed E-state index contributed by atoms with van der Waals surface area (Å²) in [6.45, 7) is 8.92. The molecule has 0 aliphatic carbocycles. The molecule has 6 nitrogen and oxygen atoms in total. The Labute approximate surface area is 159 Å². The van der Waals surface area contributed by atoms with Crippen molar-refractivity contribution in [3.8, 4) is 17.2 Å². The molecule has 2 aromatic rings. The topological polar surface area (TPSA) is 69.2 Å². The third-order valence-corrected chi connectivity index (χ3v) is 3.43. The molecule has 0 aliphatic rings. The molecule has 0 aromatic heterocycles. The van der Waals surface area contributed by atoms with Crippen LogP contribution in [0.15, 0.2) is 60.2 Å². The van der Waals surface area contributed by atoms with E-state index in [9.17, 15) is 4.79 Å². The van der Waals surface area contributed by atoms with Crippen LogP contribution >= 0.6 is 0 Å². The number of hydrazone groups is 1. The standard InChI is InChI=1S/C21H24N2O4/c1-4-13-27-19-12-7-16(14-20(19)26-6-3)15-22-23-21(24)17-8-10-18(11-9-17)25-5-2/h4,7-12,14-15H,1,5-6,13H2,2-3H3,(H,23,24)/b22-15-. The van der Waals surface area contributed by atoms with E-state index < -0.39 is 0 Å². The number of benzene rings is 2. The van der Waals surface area contributed by atoms with Gasteiger partial charge in [0.15, 0.2) is 11.5 Å². The van der Waals surface area contributed by atoms with Crippen LogP contribution < -0.4 is 19.6 Å². The second kappa shape index (κ2) is 10.7. The minimum absolute atomic E-state index is 0.301. The molecule has 2 rings (SSSR count). The summed E-state index contributed by atoms with van der Waals surface area (Å²) in [5, 5.41) is 4.00. The molecule has 0 atom stereocenters. The van der Waals surface area contributed by atoms with Gasteiger partial charge in [-0.05, 0) is 61.9 Å². The van der Waals surface area contributed by atoms with Gasteiger partial charge in [0, 0.05) is 5.56 Å². The van der Waals surface area contributed by atoms with Crippen molar-refractivity contribution in [3.63, 3.8) is 0 Å². The van der Waals surface area contributed by atoms with E-state index in [1.807, 2.05) is 19.9 Å². The molecule has 27 heavy (non-hydrogen) atoms. The molecule has 0 fully saturated rings. The van der Waals surface area contributed by atoms with Gasteiger partial charge in [0.2, 0.25) is 0 Å². The first-order valence-electron chi connectivity index (χ1n) is 8.74. The number of hydrogen-bond acceptors (Lipinski definition) is 5. The van der Waals surface area contributed by atoms with Gasteiger partial charge in [0.05, 0.1) is 19.4 Å². The van der Waals surface area contributed by atoms with E-state index in [1.165, 1.54) is 0 Å². The van der Waals surface area contributed by atoms with E-state index >= 15 is 0 Å². The summed E-state index contributed by atoms with van der Waals surface area (Å²) in [5.74, 6) is 1.67. The molecule has 0 radical (unpaired) electrons. The predicted molar refractivity (Wildman–Crippen MR) is 106 cm³/mol. The van der Waals surface area contributed by atoms with Gasteiger partial charge in [0.25, 0.3) is 5.91 Å². The maximum atomic E-state index is 12.1. The molecule has 0 unspecified atom stereocenters. The van der Waals surface area contributed by atoms with Gasteiger partial charge in [-0.3, -0.25) is 4.79 Å². The second-order valence-corrected chi connectivity index (χ2v) is 5.40. The highest BCUT2D eigenvalue weighted by Gasteiger charge is 2.06. The number of ether oxygens (including phenoxy) is 3. The number of carbonyl (C=O) groups is 1. The van der Waals surface area contributed by atoms with Crippen molar-refractivity contribution >= 4 is 12.1 Å². The van der Waals surface area contributed by atoms with Gasteiger partial charge in [-0.1, -0.05) is 12.7 Å². The largest absolute Gasteiger partial charge is 0.494 e. The van der Waals surface area contributed by atoms with Gasteiger partial charge < -0.3 is 14.2 Å². The predicted octanol–water partition coefficient (Wildman–Crippen LogP) is 3.81. The monoisotopic (exact) mass is 368 g/mol. The fourth-order valence-corrected chi connectivity index (χ4v) is 2.24. The van der Waals surface area contributed by atoms with Crippen LogP contribution in [0.25, 0.3) is 0 Å². The first kappa shape index (κ1) is 20.0. The lowest BCUT2D eigenvalue weighted by molar-refractivity contribution is 0.0955. The number of nitrogens with zero attached hydrogens (tertiary/aromatic N) is 1. The number of rotatable bonds is 10. The Balaban J connectivity index is 2.00. The molecule has 0 bridgehead atoms. The third-order valence-electron chi connectivity index (χ3n) is 3.43. The van der Waals surface area contributed by atoms with Crippen LogP contribution in [-0.2, 0) is 0 Å². The van der Waals surface area contributed by atoms with Crippen molar-refractivity contribution in [1.82, 2.24) is 5.43 Å². The lowest BCUT2D eigenvalue weighted by Crippen LogP contribution is -2.17. The minimum atomic E-state index is -0.301. The zero-order valence-corrected chi connectivity index (χ0v) is 15.6. The van der Waals surface area contributed by atoms with Crippen LogP contribution in [0.4, 0.5) is 0 Å². The normalized spacial score (nSPS) is 10.4. The summed E-state index contributed by atoms with van der Waals surface area (Å²) in [5.41, 5.74) is 3.78. The summed E-state index contributed by atoms with van der Waals surface area (Å²) >= 11 is 0. The molecule has 0 spiro atoms. The molecular formula is C21H24N2O4. The summed E-state index contributed by atoms with van der Waals surface area (Å²) < 4.78 is 16.5. The van der Waals surface area contributed by atoms with Crippen LogP contribution in [0.5, 0.6) is 17.2 Å². The van der Waals surface area contributed by atoms with Crippen molar-refractivity contribution in [2.24, 2.45) is 5.10 Å². The number of hydrogen-bond donors (Lipinski definition) is 1. The molecule has 0 saturated carbocycles. The summed E-state index contributed by atoms with van der Waals surface area (Å²) in [6.07, 6.45) is 3.22. The van der Waals surface area contributed by atoms with Crippen LogP contribution in [-0.4, -0.2) is 31.9 Å². The van der Waals surface area contributed by atoms with Gasteiger partial charge >= 0.3 is 0 Å². The Kier molecular flexibility index (Phi) is 7.91. The molecule has 6 heteroatoms. The fraction of sp³-hybridized carbons (Fsp3) is 0.238. The highest BCUT2D eigenvalue weighted by atomic mass is 16.5. The summed E-state index contributed by atoms with van der Waals surface area (Å²) in [7, 11) is 0. The third kappa shape index (κ3) is 6.18. The SMILES string of the molecule is C=CCOc1ccc(/C=N\NC(=O)c2ccc(OCC)cc2)cc1OCC. The number of nitrogens with one attached hydrogen (secondary N) is 1. The van der Waals surface area contributed by atoms with Crippen molar-refractivity contribution in [3.05, 3.63) is 66.2 Å². The molecule has 0 heterocycles. The fourth-order valence-electron chi connectivity index (χ4n) is 2.24. The lowest BCUT2D eigenvalue weighted by Gasteiger charge is -2.11. The Morgan fingerprint density at radius 3 is 2.44 bits per heavy atom. The molecule has 2 aromatic carbocycles. The first-order valence-corrected chi connectivity index (χ1v) is 8.74. The van der Waals surface area contributed by atoms with Crippen molar-refractivity contribution in [2.45, 2.75) is 13.8 Å². The quantitative estimate of drug-likeness (QED) is 0.393. The first-order chi connectivity index (χ1) is 13.2. The van der Waals surface area contributed by atoms with Crippen LogP contribution in [0, 0.1) is 0 Å². The zero-order valence-electron chi connectivity index (χ0n) is 15.6. The van der Waals surface area contributed by atoms with Gasteiger partial charge in [-0.25, -0.2) is 5.43 Å². The zero-order chi connectivity index (χ0) is 19.5. The molecule has 0 saturated heterocycles. The van der Waals surface area contributed by atoms with Gasteiger partial charge in [-0.2, -0.15) is 5.10 Å². The van der Waals surface area contributed by atoms with Crippen LogP contribution in [0.3, 0.4) is 0 Å². The Hall–Kier alpha value is -3.28. The van der Waals surface area contributed by atoms with Crippen LogP contribution in [0.2, 0.25) is 0 Å². The maximum Gasteiger partial charge on any atom is 0.271 e. The van der Waals surface area contributed by atoms with Gasteiger partial charge in [0.1, 0.15) is 12.4 Å². The molecule has 0 aliphatic heterocycles. The van der Waals surface area contributed by atoms with E-state index in [0.29, 0.717) is 36.9 Å². The van der Waals surface area contributed by atoms with E-state index in [-0.39, 0.29) is 5.91 Å². The molecular weight excluding hydrogens is 344 g/mol. The average Bonchev–Trinajstić information content (AvgIpc) is 2.68. The minimum Gasteiger partial charge on any atom is -0.494 e. The number of carbonyl (C=O) groups excluding carboxylic acids is 1. The van der Waals surface area contributed by atoms with Crippen molar-refractivity contribution in [1.29, 1.82) is 0 Å². The van der Waals surface area contributed by atoms with E-state index in [2.05, 4.69) is 17.1 Å². The average molecular weight is 368 g/mol. The Morgan fingerprint density at radius 1 is 1.04 bits per heavy atom. The molecule has 1 N–H and O–H groups in total. The summed E-state index contributed by atoms with van der Waals surface area (Å²) in [4.78, 5) is 12.1. The summed E-state index contributed by atoms with van der Waals surface area (Å²) in [6, 6.07) is 12.3. The maximum absolute atomic E-state index is 12.1. The Bertz CT molecular complexity index is 785. The van der Waals surface area contributed by atoms with Crippen molar-refractivity contribution < 1.29 is 19.0 Å². The second-order valence-electron chi connectivity index (χ2n) is 5.40. The lowest BCUT2D eigenvalue weighted by atomic mass is 10.2. The van der Waals surface area contributed by atoms with E-state index in [4.69, 9.17) is 14.2 Å².